The van der Waals surface area contributed by atoms with Crippen LogP contribution in [0.3, 0.4) is 0 Å². The van der Waals surface area contributed by atoms with Gasteiger partial charge in [0.2, 0.25) is 0 Å². The number of aromatic nitrogens is 1. The fraction of sp³-hybridized carbons (Fsp3) is 0.321. The summed E-state index contributed by atoms with van der Waals surface area (Å²) in [6.07, 6.45) is 3.24. The molecule has 1 aliphatic rings. The normalized spacial score (nSPS) is 14.5. The number of nitrogens with zero attached hydrogens (tertiary/aromatic N) is 4. The quantitative estimate of drug-likeness (QED) is 0.343. The predicted octanol–water partition coefficient (Wildman–Crippen LogP) is 5.68. The lowest BCUT2D eigenvalue weighted by Crippen LogP contribution is -2.38. The number of benzene rings is 2. The van der Waals surface area contributed by atoms with Crippen LogP contribution in [0.5, 0.6) is 5.75 Å². The average molecular weight is 487 g/mol. The first-order valence-electron chi connectivity index (χ1n) is 12.0. The number of anilines is 1. The Balaban J connectivity index is 1.38. The van der Waals surface area contributed by atoms with Crippen molar-refractivity contribution in [3.05, 3.63) is 70.1 Å². The largest absolute Gasteiger partial charge is 0.508 e. The number of nitriles is 1. The van der Waals surface area contributed by atoms with Gasteiger partial charge in [0.05, 0.1) is 10.7 Å². The van der Waals surface area contributed by atoms with Crippen LogP contribution >= 0.6 is 11.3 Å². The van der Waals surface area contributed by atoms with Crippen LogP contribution in [0.15, 0.2) is 59.5 Å². The first-order chi connectivity index (χ1) is 17.0. The van der Waals surface area contributed by atoms with Crippen LogP contribution in [0.2, 0.25) is 0 Å². The molecule has 0 saturated carbocycles. The second-order valence-corrected chi connectivity index (χ2v) is 9.51. The van der Waals surface area contributed by atoms with E-state index in [9.17, 15) is 15.2 Å². The van der Waals surface area contributed by atoms with Crippen molar-refractivity contribution < 1.29 is 9.90 Å². The van der Waals surface area contributed by atoms with Gasteiger partial charge in [-0.1, -0.05) is 24.3 Å². The second-order valence-electron chi connectivity index (χ2n) is 8.62. The number of hydrogen-bond donors (Lipinski definition) is 1. The SMILES string of the molecule is CCN(CC)c1ccc(-c2csc(C3CCN(C(=O)/C(C#N)=C/c4ccc(O)cc4)CC3)n2)cc1. The third kappa shape index (κ3) is 5.72. The standard InChI is InChI=1S/C28H30N4O2S/c1-3-31(4-2)24-9-7-21(8-10-24)26-19-35-27(30-26)22-13-15-32(16-14-22)28(34)23(18-29)17-20-5-11-25(33)12-6-20/h5-12,17,19,22,33H,3-4,13-16H2,1-2H3/b23-17+. The van der Waals surface area contributed by atoms with Crippen molar-refractivity contribution in [1.82, 2.24) is 9.88 Å². The molecule has 7 heteroatoms. The molecule has 0 bridgehead atoms. The highest BCUT2D eigenvalue weighted by molar-refractivity contribution is 7.10. The molecular weight excluding hydrogens is 456 g/mol. The Bertz CT molecular complexity index is 1210. The van der Waals surface area contributed by atoms with E-state index < -0.39 is 0 Å². The highest BCUT2D eigenvalue weighted by Crippen LogP contribution is 2.33. The Hall–Kier alpha value is -3.63. The molecule has 0 unspecified atom stereocenters. The summed E-state index contributed by atoms with van der Waals surface area (Å²) in [4.78, 5) is 21.9. The number of hydrogen-bond acceptors (Lipinski definition) is 6. The van der Waals surface area contributed by atoms with Crippen LogP contribution in [-0.4, -0.2) is 47.1 Å². The average Bonchev–Trinajstić information content (AvgIpc) is 3.40. The summed E-state index contributed by atoms with van der Waals surface area (Å²) in [5, 5.41) is 22.2. The Morgan fingerprint density at radius 1 is 1.14 bits per heavy atom. The van der Waals surface area contributed by atoms with Crippen molar-refractivity contribution >= 4 is 29.0 Å². The predicted molar refractivity (Wildman–Crippen MR) is 141 cm³/mol. The first-order valence-corrected chi connectivity index (χ1v) is 12.9. The molecule has 0 atom stereocenters. The molecule has 0 radical (unpaired) electrons. The molecule has 1 aliphatic heterocycles. The summed E-state index contributed by atoms with van der Waals surface area (Å²) >= 11 is 1.68. The van der Waals surface area contributed by atoms with E-state index in [1.54, 1.807) is 46.6 Å². The molecule has 3 aromatic rings. The maximum Gasteiger partial charge on any atom is 0.264 e. The van der Waals surface area contributed by atoms with Gasteiger partial charge in [-0.3, -0.25) is 4.79 Å². The summed E-state index contributed by atoms with van der Waals surface area (Å²) < 4.78 is 0. The highest BCUT2D eigenvalue weighted by Gasteiger charge is 2.27. The first kappa shape index (κ1) is 24.5. The van der Waals surface area contributed by atoms with E-state index in [-0.39, 0.29) is 17.2 Å². The fourth-order valence-electron chi connectivity index (χ4n) is 4.42. The van der Waals surface area contributed by atoms with E-state index >= 15 is 0 Å². The number of amides is 1. The molecule has 1 fully saturated rings. The smallest absolute Gasteiger partial charge is 0.264 e. The minimum absolute atomic E-state index is 0.110. The lowest BCUT2D eigenvalue weighted by Gasteiger charge is -2.31. The number of carbonyl (C=O) groups is 1. The van der Waals surface area contributed by atoms with Gasteiger partial charge in [-0.25, -0.2) is 4.98 Å². The lowest BCUT2D eigenvalue weighted by molar-refractivity contribution is -0.127. The van der Waals surface area contributed by atoms with Crippen molar-refractivity contribution in [2.75, 3.05) is 31.1 Å². The second kappa shape index (κ2) is 11.2. The number of phenols is 1. The highest BCUT2D eigenvalue weighted by atomic mass is 32.1. The summed E-state index contributed by atoms with van der Waals surface area (Å²) in [6, 6.07) is 17.1. The molecule has 2 heterocycles. The van der Waals surface area contributed by atoms with Crippen molar-refractivity contribution in [3.63, 3.8) is 0 Å². The number of piperidine rings is 1. The third-order valence-corrected chi connectivity index (χ3v) is 7.51. The van der Waals surface area contributed by atoms with Crippen molar-refractivity contribution in [2.24, 2.45) is 0 Å². The van der Waals surface area contributed by atoms with E-state index in [4.69, 9.17) is 4.98 Å². The summed E-state index contributed by atoms with van der Waals surface area (Å²) in [6.45, 7) is 7.50. The van der Waals surface area contributed by atoms with Gasteiger partial charge in [0.25, 0.3) is 5.91 Å². The maximum atomic E-state index is 12.9. The molecular formula is C28H30N4O2S. The van der Waals surface area contributed by atoms with Gasteiger partial charge in [-0.2, -0.15) is 5.26 Å². The Kier molecular flexibility index (Phi) is 7.84. The van der Waals surface area contributed by atoms with E-state index in [1.807, 2.05) is 6.07 Å². The number of phenolic OH excluding ortho intramolecular Hbond substituents is 1. The lowest BCUT2D eigenvalue weighted by atomic mass is 9.96. The molecule has 0 spiro atoms. The zero-order chi connectivity index (χ0) is 24.8. The van der Waals surface area contributed by atoms with Crippen molar-refractivity contribution in [2.45, 2.75) is 32.6 Å². The Morgan fingerprint density at radius 3 is 2.40 bits per heavy atom. The molecule has 1 N–H and O–H groups in total. The zero-order valence-corrected chi connectivity index (χ0v) is 21.0. The fourth-order valence-corrected chi connectivity index (χ4v) is 5.42. The van der Waals surface area contributed by atoms with Gasteiger partial charge in [-0.15, -0.1) is 11.3 Å². The molecule has 0 aliphatic carbocycles. The molecule has 1 aromatic heterocycles. The number of likely N-dealkylation sites (tertiary alicyclic amines) is 1. The van der Waals surface area contributed by atoms with Crippen LogP contribution < -0.4 is 4.90 Å². The number of rotatable bonds is 7. The Morgan fingerprint density at radius 2 is 1.80 bits per heavy atom. The van der Waals surface area contributed by atoms with E-state index in [0.717, 1.165) is 42.2 Å². The summed E-state index contributed by atoms with van der Waals surface area (Å²) in [5.41, 5.74) is 4.16. The molecule has 6 nitrogen and oxygen atoms in total. The van der Waals surface area contributed by atoms with Crippen molar-refractivity contribution in [1.29, 1.82) is 5.26 Å². The van der Waals surface area contributed by atoms with E-state index in [2.05, 4.69) is 48.4 Å². The minimum Gasteiger partial charge on any atom is -0.508 e. The van der Waals surface area contributed by atoms with Crippen LogP contribution in [0.1, 0.15) is 43.2 Å². The van der Waals surface area contributed by atoms with Crippen molar-refractivity contribution in [3.8, 4) is 23.1 Å². The molecule has 4 rings (SSSR count). The number of thiazole rings is 1. The zero-order valence-electron chi connectivity index (χ0n) is 20.1. The third-order valence-electron chi connectivity index (χ3n) is 6.50. The monoisotopic (exact) mass is 486 g/mol. The van der Waals surface area contributed by atoms with Crippen LogP contribution in [0, 0.1) is 11.3 Å². The maximum absolute atomic E-state index is 12.9. The number of aromatic hydroxyl groups is 1. The molecule has 1 amide bonds. The number of carbonyl (C=O) groups excluding carboxylic acids is 1. The van der Waals surface area contributed by atoms with E-state index in [1.165, 1.54) is 5.69 Å². The van der Waals surface area contributed by atoms with Crippen LogP contribution in [0.4, 0.5) is 5.69 Å². The molecule has 1 saturated heterocycles. The molecule has 180 valence electrons. The topological polar surface area (TPSA) is 80.5 Å². The van der Waals surface area contributed by atoms with Gasteiger partial charge < -0.3 is 14.9 Å². The molecule has 2 aromatic carbocycles. The van der Waals surface area contributed by atoms with Gasteiger partial charge in [0, 0.05) is 48.7 Å². The minimum atomic E-state index is -0.243. The van der Waals surface area contributed by atoms with Gasteiger partial charge in [0.1, 0.15) is 17.4 Å². The van der Waals surface area contributed by atoms with Gasteiger partial charge in [-0.05, 0) is 62.6 Å². The molecule has 35 heavy (non-hydrogen) atoms. The van der Waals surface area contributed by atoms with Gasteiger partial charge in [0.15, 0.2) is 0 Å². The summed E-state index contributed by atoms with van der Waals surface area (Å²) in [7, 11) is 0. The van der Waals surface area contributed by atoms with Crippen LogP contribution in [-0.2, 0) is 4.79 Å². The Labute approximate surface area is 210 Å². The van der Waals surface area contributed by atoms with Crippen LogP contribution in [0.25, 0.3) is 17.3 Å². The van der Waals surface area contributed by atoms with Gasteiger partial charge >= 0.3 is 0 Å². The van der Waals surface area contributed by atoms with E-state index in [0.29, 0.717) is 24.6 Å². The summed E-state index contributed by atoms with van der Waals surface area (Å²) in [5.74, 6) is 0.225.